The van der Waals surface area contributed by atoms with Crippen molar-refractivity contribution in [3.8, 4) is 6.07 Å². The molecule has 0 N–H and O–H groups in total. The van der Waals surface area contributed by atoms with E-state index in [-0.39, 0.29) is 6.04 Å². The molecule has 3 rings (SSSR count). The summed E-state index contributed by atoms with van der Waals surface area (Å²) in [5.74, 6) is 0.876. The lowest BCUT2D eigenvalue weighted by Crippen LogP contribution is -2.25. The number of hydrogen-bond acceptors (Lipinski definition) is 3. The normalized spacial score (nSPS) is 17.1. The topological polar surface area (TPSA) is 44.9 Å². The average molecular weight is 250 g/mol. The number of anilines is 1. The van der Waals surface area contributed by atoms with Crippen LogP contribution >= 0.6 is 0 Å². The van der Waals surface area contributed by atoms with Crippen molar-refractivity contribution >= 4 is 5.82 Å². The molecular weight excluding hydrogens is 236 g/mol. The van der Waals surface area contributed by atoms with Gasteiger partial charge in [0.05, 0.1) is 12.2 Å². The van der Waals surface area contributed by atoms with Crippen LogP contribution in [-0.4, -0.2) is 9.78 Å². The number of allylic oxidation sites excluding steroid dienone is 1. The van der Waals surface area contributed by atoms with Crippen molar-refractivity contribution in [1.29, 1.82) is 5.26 Å². The monoisotopic (exact) mass is 250 g/mol. The van der Waals surface area contributed by atoms with E-state index in [9.17, 15) is 5.26 Å². The molecule has 0 amide bonds. The lowest BCUT2D eigenvalue weighted by molar-refractivity contribution is 0.560. The molecule has 1 aliphatic rings. The van der Waals surface area contributed by atoms with Gasteiger partial charge in [-0.3, -0.25) is 0 Å². The molecule has 0 saturated heterocycles. The second kappa shape index (κ2) is 4.62. The quantitative estimate of drug-likeness (QED) is 0.823. The minimum atomic E-state index is 0.184. The lowest BCUT2D eigenvalue weighted by atomic mass is 10.2. The van der Waals surface area contributed by atoms with Crippen LogP contribution in [0.3, 0.4) is 0 Å². The summed E-state index contributed by atoms with van der Waals surface area (Å²) >= 11 is 0. The third-order valence-electron chi connectivity index (χ3n) is 3.29. The molecule has 0 spiro atoms. The Balaban J connectivity index is 1.98. The molecule has 0 fully saturated rings. The fraction of sp³-hybridized carbons (Fsp3) is 0.200. The van der Waals surface area contributed by atoms with Crippen LogP contribution in [0.1, 0.15) is 24.1 Å². The van der Waals surface area contributed by atoms with E-state index in [1.807, 2.05) is 29.1 Å². The second-order valence-corrected chi connectivity index (χ2v) is 4.63. The van der Waals surface area contributed by atoms with Gasteiger partial charge in [0.2, 0.25) is 0 Å². The Labute approximate surface area is 112 Å². The van der Waals surface area contributed by atoms with Crippen molar-refractivity contribution in [2.45, 2.75) is 19.5 Å². The molecule has 1 aliphatic heterocycles. The molecule has 19 heavy (non-hydrogen) atoms. The van der Waals surface area contributed by atoms with Gasteiger partial charge >= 0.3 is 0 Å². The highest BCUT2D eigenvalue weighted by molar-refractivity contribution is 5.57. The molecule has 2 heterocycles. The summed E-state index contributed by atoms with van der Waals surface area (Å²) in [6.45, 7) is 2.80. The first kappa shape index (κ1) is 11.5. The van der Waals surface area contributed by atoms with Gasteiger partial charge in [-0.15, -0.1) is 0 Å². The van der Waals surface area contributed by atoms with Crippen molar-refractivity contribution in [2.24, 2.45) is 0 Å². The fourth-order valence-electron chi connectivity index (χ4n) is 2.31. The van der Waals surface area contributed by atoms with Gasteiger partial charge in [0, 0.05) is 12.7 Å². The minimum absolute atomic E-state index is 0.184. The first-order valence-corrected chi connectivity index (χ1v) is 6.26. The van der Waals surface area contributed by atoms with Crippen LogP contribution in [0, 0.1) is 11.3 Å². The molecule has 1 aromatic heterocycles. The van der Waals surface area contributed by atoms with E-state index in [2.05, 4.69) is 41.2 Å². The summed E-state index contributed by atoms with van der Waals surface area (Å²) in [6, 6.07) is 12.6. The average Bonchev–Trinajstić information content (AvgIpc) is 2.88. The minimum Gasteiger partial charge on any atom is -0.328 e. The van der Waals surface area contributed by atoms with Gasteiger partial charge in [-0.05, 0) is 18.6 Å². The number of benzene rings is 1. The molecular formula is C15H14N4. The predicted octanol–water partition coefficient (Wildman–Crippen LogP) is 2.85. The Morgan fingerprint density at radius 2 is 2.11 bits per heavy atom. The van der Waals surface area contributed by atoms with Gasteiger partial charge in [-0.2, -0.15) is 10.4 Å². The van der Waals surface area contributed by atoms with Crippen LogP contribution in [0.4, 0.5) is 5.82 Å². The molecule has 0 saturated carbocycles. The highest BCUT2D eigenvalue weighted by Gasteiger charge is 2.22. The maximum Gasteiger partial charge on any atom is 0.149 e. The van der Waals surface area contributed by atoms with Gasteiger partial charge in [0.15, 0.2) is 0 Å². The zero-order chi connectivity index (χ0) is 13.2. The molecule has 2 aromatic rings. The van der Waals surface area contributed by atoms with E-state index in [1.54, 1.807) is 6.20 Å². The van der Waals surface area contributed by atoms with Crippen LogP contribution in [0.25, 0.3) is 0 Å². The van der Waals surface area contributed by atoms with E-state index in [0.717, 1.165) is 12.4 Å². The Kier molecular flexibility index (Phi) is 2.81. The maximum absolute atomic E-state index is 9.20. The van der Waals surface area contributed by atoms with Crippen molar-refractivity contribution in [2.75, 3.05) is 4.90 Å². The summed E-state index contributed by atoms with van der Waals surface area (Å²) in [5, 5.41) is 13.5. The van der Waals surface area contributed by atoms with E-state index < -0.39 is 0 Å². The smallest absolute Gasteiger partial charge is 0.149 e. The van der Waals surface area contributed by atoms with Gasteiger partial charge in [-0.25, -0.2) is 4.68 Å². The van der Waals surface area contributed by atoms with E-state index in [1.165, 1.54) is 5.56 Å². The van der Waals surface area contributed by atoms with Crippen LogP contribution in [0.5, 0.6) is 0 Å². The first-order chi connectivity index (χ1) is 9.29. The first-order valence-electron chi connectivity index (χ1n) is 6.26. The number of aromatic nitrogens is 2. The standard InChI is InChI=1S/C15H14N4/c1-12-7-8-18(11-13-5-3-2-4-6-13)15-14(9-16)10-17-19(12)15/h2-8,10,12H,11H2,1H3. The van der Waals surface area contributed by atoms with Gasteiger partial charge < -0.3 is 4.90 Å². The summed E-state index contributed by atoms with van der Waals surface area (Å²) in [5.41, 5.74) is 1.82. The molecule has 0 bridgehead atoms. The van der Waals surface area contributed by atoms with Crippen molar-refractivity contribution in [1.82, 2.24) is 9.78 Å². The predicted molar refractivity (Wildman–Crippen MR) is 73.4 cm³/mol. The highest BCUT2D eigenvalue weighted by atomic mass is 15.4. The van der Waals surface area contributed by atoms with Crippen LogP contribution in [0.2, 0.25) is 0 Å². The second-order valence-electron chi connectivity index (χ2n) is 4.63. The van der Waals surface area contributed by atoms with Gasteiger partial charge in [0.1, 0.15) is 17.5 Å². The van der Waals surface area contributed by atoms with Crippen LogP contribution < -0.4 is 4.90 Å². The van der Waals surface area contributed by atoms with Crippen molar-refractivity contribution in [3.05, 3.63) is 59.9 Å². The summed E-state index contributed by atoms with van der Waals surface area (Å²) in [6.07, 6.45) is 5.76. The van der Waals surface area contributed by atoms with Crippen LogP contribution in [-0.2, 0) is 6.54 Å². The Hall–Kier alpha value is -2.54. The van der Waals surface area contributed by atoms with Gasteiger partial charge in [-0.1, -0.05) is 30.3 Å². The summed E-state index contributed by atoms with van der Waals surface area (Å²) in [4.78, 5) is 2.07. The zero-order valence-corrected chi connectivity index (χ0v) is 10.7. The van der Waals surface area contributed by atoms with Gasteiger partial charge in [0.25, 0.3) is 0 Å². The Morgan fingerprint density at radius 1 is 1.32 bits per heavy atom. The molecule has 0 aliphatic carbocycles. The molecule has 1 atom stereocenters. The SMILES string of the molecule is CC1C=CN(Cc2ccccc2)c2c(C#N)cnn21. The third kappa shape index (κ3) is 2.00. The van der Waals surface area contributed by atoms with E-state index >= 15 is 0 Å². The molecule has 4 nitrogen and oxygen atoms in total. The number of nitriles is 1. The number of fused-ring (bicyclic) bond motifs is 1. The zero-order valence-electron chi connectivity index (χ0n) is 10.7. The van der Waals surface area contributed by atoms with E-state index in [4.69, 9.17) is 0 Å². The van der Waals surface area contributed by atoms with E-state index in [0.29, 0.717) is 5.56 Å². The molecule has 4 heteroatoms. The summed E-state index contributed by atoms with van der Waals surface area (Å²) in [7, 11) is 0. The third-order valence-corrected chi connectivity index (χ3v) is 3.29. The van der Waals surface area contributed by atoms with Crippen LogP contribution in [0.15, 0.2) is 48.8 Å². The fourth-order valence-corrected chi connectivity index (χ4v) is 2.31. The van der Waals surface area contributed by atoms with Crippen molar-refractivity contribution in [3.63, 3.8) is 0 Å². The molecule has 1 unspecified atom stereocenters. The highest BCUT2D eigenvalue weighted by Crippen LogP contribution is 2.29. The lowest BCUT2D eigenvalue weighted by Gasteiger charge is -2.28. The summed E-state index contributed by atoms with van der Waals surface area (Å²) < 4.78 is 1.89. The number of rotatable bonds is 2. The molecule has 94 valence electrons. The molecule has 0 radical (unpaired) electrons. The maximum atomic E-state index is 9.20. The Morgan fingerprint density at radius 3 is 2.84 bits per heavy atom. The van der Waals surface area contributed by atoms with Crippen molar-refractivity contribution < 1.29 is 0 Å². The number of nitrogens with zero attached hydrogens (tertiary/aromatic N) is 4. The number of hydrogen-bond donors (Lipinski definition) is 0. The molecule has 1 aromatic carbocycles. The largest absolute Gasteiger partial charge is 0.328 e. The Bertz CT molecular complexity index is 649.